The van der Waals surface area contributed by atoms with Gasteiger partial charge in [-0.15, -0.1) is 0 Å². The Kier molecular flexibility index (Phi) is 5.94. The van der Waals surface area contributed by atoms with E-state index in [2.05, 4.69) is 4.18 Å². The van der Waals surface area contributed by atoms with Crippen LogP contribution in [0, 0.1) is 0 Å². The number of carbonyl (C=O) groups excluding carboxylic acids is 1. The van der Waals surface area contributed by atoms with Crippen molar-refractivity contribution in [1.29, 1.82) is 0 Å². The van der Waals surface area contributed by atoms with Crippen LogP contribution in [0.1, 0.15) is 18.4 Å². The summed E-state index contributed by atoms with van der Waals surface area (Å²) in [5.41, 5.74) is 0.991. The first kappa shape index (κ1) is 15.6. The Bertz CT molecular complexity index is 506. The highest BCUT2D eigenvalue weighted by atomic mass is 32.3. The van der Waals surface area contributed by atoms with Gasteiger partial charge in [-0.3, -0.25) is 9.35 Å². The van der Waals surface area contributed by atoms with E-state index in [1.165, 1.54) is 0 Å². The van der Waals surface area contributed by atoms with E-state index in [0.717, 1.165) is 11.3 Å². The number of benzene rings is 1. The Morgan fingerprint density at radius 1 is 1.21 bits per heavy atom. The fourth-order valence-electron chi connectivity index (χ4n) is 1.46. The fraction of sp³-hybridized carbons (Fsp3) is 0.417. The van der Waals surface area contributed by atoms with Crippen LogP contribution in [0.15, 0.2) is 24.3 Å². The highest BCUT2D eigenvalue weighted by Crippen LogP contribution is 2.12. The van der Waals surface area contributed by atoms with Gasteiger partial charge in [-0.25, -0.2) is 4.18 Å². The van der Waals surface area contributed by atoms with Crippen LogP contribution in [0.25, 0.3) is 0 Å². The van der Waals surface area contributed by atoms with Crippen molar-refractivity contribution in [3.8, 4) is 5.75 Å². The summed E-state index contributed by atoms with van der Waals surface area (Å²) in [5.74, 6) is 0.621. The molecule has 0 saturated heterocycles. The monoisotopic (exact) mass is 288 g/mol. The van der Waals surface area contributed by atoms with Crippen molar-refractivity contribution >= 4 is 16.2 Å². The quantitative estimate of drug-likeness (QED) is 0.727. The van der Waals surface area contributed by atoms with Crippen LogP contribution in [0.5, 0.6) is 5.75 Å². The zero-order chi connectivity index (χ0) is 14.3. The second-order valence-corrected chi connectivity index (χ2v) is 4.98. The van der Waals surface area contributed by atoms with E-state index < -0.39 is 10.4 Å². The van der Waals surface area contributed by atoms with Crippen LogP contribution in [0.3, 0.4) is 0 Å². The van der Waals surface area contributed by atoms with Gasteiger partial charge in [-0.2, -0.15) is 8.42 Å². The zero-order valence-electron chi connectivity index (χ0n) is 10.5. The van der Waals surface area contributed by atoms with E-state index >= 15 is 0 Å². The molecular weight excluding hydrogens is 272 g/mol. The standard InChI is InChI=1S/C12H16O6S/c1-17-12-6-3-10(4-7-12)2-5-11(13)8-9-18-19(14,15)16/h3-4,6-7H,2,5,8-9H2,1H3,(H,14,15,16). The highest BCUT2D eigenvalue weighted by Gasteiger charge is 2.08. The van der Waals surface area contributed by atoms with Crippen LogP contribution in [-0.4, -0.2) is 32.5 Å². The highest BCUT2D eigenvalue weighted by molar-refractivity contribution is 7.80. The molecule has 7 heteroatoms. The van der Waals surface area contributed by atoms with Crippen molar-refractivity contribution in [2.24, 2.45) is 0 Å². The van der Waals surface area contributed by atoms with E-state index in [1.54, 1.807) is 19.2 Å². The SMILES string of the molecule is COc1ccc(CCC(=O)CCOS(=O)(=O)O)cc1. The molecule has 6 nitrogen and oxygen atoms in total. The van der Waals surface area contributed by atoms with Crippen LogP contribution in [0.4, 0.5) is 0 Å². The molecule has 0 radical (unpaired) electrons. The zero-order valence-corrected chi connectivity index (χ0v) is 11.4. The first-order valence-corrected chi connectivity index (χ1v) is 7.03. The predicted octanol–water partition coefficient (Wildman–Crippen LogP) is 1.41. The molecule has 0 saturated carbocycles. The van der Waals surface area contributed by atoms with Gasteiger partial charge in [0.1, 0.15) is 11.5 Å². The van der Waals surface area contributed by atoms with Gasteiger partial charge in [-0.1, -0.05) is 12.1 Å². The summed E-state index contributed by atoms with van der Waals surface area (Å²) in [6.07, 6.45) is 0.811. The Morgan fingerprint density at radius 2 is 1.84 bits per heavy atom. The lowest BCUT2D eigenvalue weighted by atomic mass is 10.1. The minimum Gasteiger partial charge on any atom is -0.497 e. The lowest BCUT2D eigenvalue weighted by molar-refractivity contribution is -0.119. The number of ketones is 1. The molecular formula is C12H16O6S. The van der Waals surface area contributed by atoms with Crippen LogP contribution >= 0.6 is 0 Å². The summed E-state index contributed by atoms with van der Waals surface area (Å²) >= 11 is 0. The molecule has 1 rings (SSSR count). The van der Waals surface area contributed by atoms with E-state index in [1.807, 2.05) is 12.1 Å². The minimum atomic E-state index is -4.46. The molecule has 106 valence electrons. The van der Waals surface area contributed by atoms with Crippen molar-refractivity contribution in [2.75, 3.05) is 13.7 Å². The van der Waals surface area contributed by atoms with Gasteiger partial charge >= 0.3 is 10.4 Å². The topological polar surface area (TPSA) is 89.9 Å². The summed E-state index contributed by atoms with van der Waals surface area (Å²) in [6, 6.07) is 7.34. The predicted molar refractivity (Wildman–Crippen MR) is 68.4 cm³/mol. The number of carbonyl (C=O) groups is 1. The van der Waals surface area contributed by atoms with Gasteiger partial charge in [0.05, 0.1) is 13.7 Å². The molecule has 0 aliphatic carbocycles. The Morgan fingerprint density at radius 3 is 2.37 bits per heavy atom. The molecule has 0 unspecified atom stereocenters. The van der Waals surface area contributed by atoms with Crippen LogP contribution in [-0.2, 0) is 25.8 Å². The summed E-state index contributed by atoms with van der Waals surface area (Å²) in [4.78, 5) is 11.4. The van der Waals surface area contributed by atoms with E-state index in [0.29, 0.717) is 12.8 Å². The average molecular weight is 288 g/mol. The molecule has 0 amide bonds. The van der Waals surface area contributed by atoms with E-state index in [4.69, 9.17) is 9.29 Å². The number of rotatable bonds is 8. The third-order valence-electron chi connectivity index (χ3n) is 2.46. The van der Waals surface area contributed by atoms with Gasteiger partial charge in [0.15, 0.2) is 0 Å². The van der Waals surface area contributed by atoms with Crippen LogP contribution < -0.4 is 4.74 Å². The van der Waals surface area contributed by atoms with Crippen molar-refractivity contribution in [3.05, 3.63) is 29.8 Å². The Hall–Kier alpha value is -1.44. The van der Waals surface area contributed by atoms with Crippen molar-refractivity contribution < 1.29 is 26.7 Å². The van der Waals surface area contributed by atoms with Gasteiger partial charge < -0.3 is 4.74 Å². The summed E-state index contributed by atoms with van der Waals surface area (Å²) in [6.45, 7) is -0.333. The summed E-state index contributed by atoms with van der Waals surface area (Å²) < 4.78 is 37.9. The maximum absolute atomic E-state index is 11.4. The number of methoxy groups -OCH3 is 1. The lowest BCUT2D eigenvalue weighted by Crippen LogP contribution is -2.09. The smallest absolute Gasteiger partial charge is 0.397 e. The van der Waals surface area contributed by atoms with Gasteiger partial charge in [0, 0.05) is 12.8 Å². The number of hydrogen-bond donors (Lipinski definition) is 1. The summed E-state index contributed by atoms with van der Waals surface area (Å²) in [7, 11) is -2.88. The number of aryl methyl sites for hydroxylation is 1. The van der Waals surface area contributed by atoms with E-state index in [9.17, 15) is 13.2 Å². The molecule has 0 aliphatic heterocycles. The molecule has 1 N–H and O–H groups in total. The Balaban J connectivity index is 2.29. The maximum atomic E-state index is 11.4. The molecule has 0 bridgehead atoms. The number of hydrogen-bond acceptors (Lipinski definition) is 5. The fourth-order valence-corrected chi connectivity index (χ4v) is 1.76. The Labute approximate surface area is 112 Å². The van der Waals surface area contributed by atoms with Gasteiger partial charge in [0.25, 0.3) is 0 Å². The molecule has 1 aromatic carbocycles. The van der Waals surface area contributed by atoms with Gasteiger partial charge in [-0.05, 0) is 24.1 Å². The average Bonchev–Trinajstić information content (AvgIpc) is 2.35. The molecule has 0 heterocycles. The molecule has 0 atom stereocenters. The molecule has 0 aromatic heterocycles. The molecule has 1 aromatic rings. The second-order valence-electron chi connectivity index (χ2n) is 3.89. The van der Waals surface area contributed by atoms with Crippen LogP contribution in [0.2, 0.25) is 0 Å². The van der Waals surface area contributed by atoms with E-state index in [-0.39, 0.29) is 18.8 Å². The van der Waals surface area contributed by atoms with Crippen molar-refractivity contribution in [2.45, 2.75) is 19.3 Å². The lowest BCUT2D eigenvalue weighted by Gasteiger charge is -2.03. The molecule has 19 heavy (non-hydrogen) atoms. The first-order chi connectivity index (χ1) is 8.90. The molecule has 0 fully saturated rings. The van der Waals surface area contributed by atoms with Crippen molar-refractivity contribution in [3.63, 3.8) is 0 Å². The second kappa shape index (κ2) is 7.22. The summed E-state index contributed by atoms with van der Waals surface area (Å²) in [5, 5.41) is 0. The first-order valence-electron chi connectivity index (χ1n) is 5.67. The molecule has 0 spiro atoms. The maximum Gasteiger partial charge on any atom is 0.397 e. The minimum absolute atomic E-state index is 0.0457. The molecule has 0 aliphatic rings. The van der Waals surface area contributed by atoms with Gasteiger partial charge in [0.2, 0.25) is 0 Å². The third kappa shape index (κ3) is 6.90. The largest absolute Gasteiger partial charge is 0.497 e. The van der Waals surface area contributed by atoms with Crippen molar-refractivity contribution in [1.82, 2.24) is 0 Å². The normalized spacial score (nSPS) is 11.3. The number of ether oxygens (including phenoxy) is 1. The number of Topliss-reactive ketones (excluding diaryl/α,β-unsaturated/α-hetero) is 1. The third-order valence-corrected chi connectivity index (χ3v) is 2.93.